The zero-order chi connectivity index (χ0) is 28.3. The monoisotopic (exact) mass is 578 g/mol. The summed E-state index contributed by atoms with van der Waals surface area (Å²) < 4.78 is 3.50. The molecule has 1 aromatic carbocycles. The third kappa shape index (κ3) is 4.35. The summed E-state index contributed by atoms with van der Waals surface area (Å²) in [5.41, 5.74) is 3.58. The molecule has 1 unspecified atom stereocenters. The van der Waals surface area contributed by atoms with Crippen molar-refractivity contribution in [2.24, 2.45) is 0 Å². The summed E-state index contributed by atoms with van der Waals surface area (Å²) >= 11 is 12.2. The van der Waals surface area contributed by atoms with Gasteiger partial charge >= 0.3 is 0 Å². The molecule has 0 fully saturated rings. The van der Waals surface area contributed by atoms with E-state index in [1.165, 1.54) is 6.33 Å². The maximum absolute atomic E-state index is 14.0. The van der Waals surface area contributed by atoms with Crippen LogP contribution in [0.5, 0.6) is 0 Å². The van der Waals surface area contributed by atoms with Crippen molar-refractivity contribution in [3.8, 4) is 5.82 Å². The molecular formula is C28H28Cl2N8O2. The Kier molecular flexibility index (Phi) is 6.62. The smallest absolute Gasteiger partial charge is 0.273 e. The van der Waals surface area contributed by atoms with Gasteiger partial charge in [-0.15, -0.1) is 0 Å². The highest BCUT2D eigenvalue weighted by Crippen LogP contribution is 2.35. The number of aryl methyl sites for hydroxylation is 1. The molecule has 2 aliphatic rings. The lowest BCUT2D eigenvalue weighted by Crippen LogP contribution is -2.45. The summed E-state index contributed by atoms with van der Waals surface area (Å²) in [4.78, 5) is 39.9. The zero-order valence-corrected chi connectivity index (χ0v) is 24.1. The normalized spacial score (nSPS) is 19.4. The number of hydrogen-bond acceptors (Lipinski definition) is 6. The van der Waals surface area contributed by atoms with Crippen LogP contribution in [0.25, 0.3) is 5.82 Å². The van der Waals surface area contributed by atoms with E-state index in [0.717, 1.165) is 22.6 Å². The Balaban J connectivity index is 1.28. The molecule has 3 aromatic heterocycles. The highest BCUT2D eigenvalue weighted by molar-refractivity contribution is 6.42. The number of pyridine rings is 1. The van der Waals surface area contributed by atoms with Crippen LogP contribution in [0.4, 0.5) is 0 Å². The molecule has 2 aliphatic heterocycles. The van der Waals surface area contributed by atoms with Crippen molar-refractivity contribution in [1.82, 2.24) is 39.3 Å². The fourth-order valence-electron chi connectivity index (χ4n) is 5.56. The standard InChI is InChI=1S/C28H28Cl2N8O2/c1-15-9-24-21(13-35(15)27(39)19-5-7-22(29)23(30)10-19)26-28(40)36(12-16(2)37(26)34-24)17(3)20-6-8-25(31-11-20)38-18(4)32-14-33-38/h5-8,10-11,14-17H,9,12-13H2,1-4H3/t15-,16-,17?/m1/s1. The fraction of sp³-hybridized carbons (Fsp3) is 0.357. The van der Waals surface area contributed by atoms with Gasteiger partial charge in [-0.2, -0.15) is 14.9 Å². The lowest BCUT2D eigenvalue weighted by molar-refractivity contribution is 0.0574. The van der Waals surface area contributed by atoms with Gasteiger partial charge in [-0.25, -0.2) is 9.97 Å². The summed E-state index contributed by atoms with van der Waals surface area (Å²) in [5.74, 6) is 1.14. The van der Waals surface area contributed by atoms with E-state index in [2.05, 4.69) is 22.0 Å². The Morgan fingerprint density at radius 3 is 2.55 bits per heavy atom. The van der Waals surface area contributed by atoms with E-state index in [-0.39, 0.29) is 29.9 Å². The fourth-order valence-corrected chi connectivity index (χ4v) is 5.86. The van der Waals surface area contributed by atoms with E-state index in [1.807, 2.05) is 42.5 Å². The topological polar surface area (TPSA) is 102 Å². The molecule has 0 saturated carbocycles. The Labute approximate surface area is 241 Å². The van der Waals surface area contributed by atoms with Crippen molar-refractivity contribution < 1.29 is 9.59 Å². The van der Waals surface area contributed by atoms with Crippen molar-refractivity contribution in [1.29, 1.82) is 0 Å². The maximum Gasteiger partial charge on any atom is 0.273 e. The molecule has 5 heterocycles. The molecule has 0 N–H and O–H groups in total. The number of carbonyl (C=O) groups excluding carboxylic acids is 2. The molecule has 4 aromatic rings. The van der Waals surface area contributed by atoms with Gasteiger partial charge in [-0.05, 0) is 57.5 Å². The number of carbonyl (C=O) groups is 2. The van der Waals surface area contributed by atoms with Gasteiger partial charge in [0.05, 0.1) is 34.4 Å². The van der Waals surface area contributed by atoms with Crippen LogP contribution >= 0.6 is 23.2 Å². The van der Waals surface area contributed by atoms with Gasteiger partial charge in [0.1, 0.15) is 17.8 Å². The van der Waals surface area contributed by atoms with Crippen molar-refractivity contribution in [2.45, 2.75) is 58.8 Å². The third-order valence-electron chi connectivity index (χ3n) is 7.87. The number of nitrogens with zero attached hydrogens (tertiary/aromatic N) is 8. The average Bonchev–Trinajstić information content (AvgIpc) is 3.54. The molecule has 12 heteroatoms. The molecule has 3 atom stereocenters. The number of halogens is 2. The Hall–Kier alpha value is -3.76. The second kappa shape index (κ2) is 10.0. The zero-order valence-electron chi connectivity index (χ0n) is 22.5. The predicted molar refractivity (Wildman–Crippen MR) is 150 cm³/mol. The molecule has 10 nitrogen and oxygen atoms in total. The van der Waals surface area contributed by atoms with Crippen LogP contribution in [-0.4, -0.2) is 63.7 Å². The van der Waals surface area contributed by atoms with Gasteiger partial charge in [0.25, 0.3) is 11.8 Å². The van der Waals surface area contributed by atoms with Crippen LogP contribution in [0.2, 0.25) is 10.0 Å². The molecule has 0 spiro atoms. The van der Waals surface area contributed by atoms with E-state index >= 15 is 0 Å². The summed E-state index contributed by atoms with van der Waals surface area (Å²) in [5, 5.41) is 9.78. The van der Waals surface area contributed by atoms with Gasteiger partial charge in [0, 0.05) is 36.3 Å². The van der Waals surface area contributed by atoms with Gasteiger partial charge in [0.2, 0.25) is 0 Å². The van der Waals surface area contributed by atoms with Crippen LogP contribution in [0.1, 0.15) is 76.3 Å². The number of rotatable bonds is 4. The average molecular weight is 579 g/mol. The SMILES string of the molecule is Cc1ncnn1-c1ccc(C(C)N2C[C@@H](C)n3nc4c(c3C2=O)CN(C(=O)c2ccc(Cl)c(Cl)c2)[C@H](C)C4)cn1. The van der Waals surface area contributed by atoms with Gasteiger partial charge in [-0.1, -0.05) is 29.3 Å². The quantitative estimate of drug-likeness (QED) is 0.343. The third-order valence-corrected chi connectivity index (χ3v) is 8.61. The Morgan fingerprint density at radius 2 is 1.88 bits per heavy atom. The highest BCUT2D eigenvalue weighted by atomic mass is 35.5. The van der Waals surface area contributed by atoms with Crippen LogP contribution in [0, 0.1) is 6.92 Å². The summed E-state index contributed by atoms with van der Waals surface area (Å²) in [6, 6.07) is 8.39. The van der Waals surface area contributed by atoms with Crippen LogP contribution in [-0.2, 0) is 13.0 Å². The first-order chi connectivity index (χ1) is 19.1. The van der Waals surface area contributed by atoms with E-state index in [9.17, 15) is 9.59 Å². The predicted octanol–water partition coefficient (Wildman–Crippen LogP) is 4.84. The van der Waals surface area contributed by atoms with E-state index in [4.69, 9.17) is 28.3 Å². The summed E-state index contributed by atoms with van der Waals surface area (Å²) in [6.45, 7) is 8.72. The minimum absolute atomic E-state index is 0.0275. The molecule has 0 radical (unpaired) electrons. The first-order valence-electron chi connectivity index (χ1n) is 13.1. The minimum atomic E-state index is -0.218. The number of fused-ring (bicyclic) bond motifs is 3. The molecule has 206 valence electrons. The maximum atomic E-state index is 14.0. The van der Waals surface area contributed by atoms with Crippen molar-refractivity contribution in [2.75, 3.05) is 6.54 Å². The number of benzene rings is 1. The molecule has 2 amide bonds. The summed E-state index contributed by atoms with van der Waals surface area (Å²) in [7, 11) is 0. The van der Waals surface area contributed by atoms with Gasteiger partial charge in [0.15, 0.2) is 5.82 Å². The van der Waals surface area contributed by atoms with E-state index in [1.54, 1.807) is 34.0 Å². The van der Waals surface area contributed by atoms with Crippen molar-refractivity contribution in [3.63, 3.8) is 0 Å². The lowest BCUT2D eigenvalue weighted by Gasteiger charge is -2.37. The second-order valence-electron chi connectivity index (χ2n) is 10.5. The lowest BCUT2D eigenvalue weighted by atomic mass is 9.96. The number of amides is 2. The second-order valence-corrected chi connectivity index (χ2v) is 11.3. The first-order valence-corrected chi connectivity index (χ1v) is 13.9. The van der Waals surface area contributed by atoms with Crippen molar-refractivity contribution in [3.05, 3.63) is 86.8 Å². The first kappa shape index (κ1) is 26.5. The molecule has 40 heavy (non-hydrogen) atoms. The van der Waals surface area contributed by atoms with E-state index < -0.39 is 0 Å². The largest absolute Gasteiger partial charge is 0.331 e. The van der Waals surface area contributed by atoms with E-state index in [0.29, 0.717) is 46.6 Å². The Bertz CT molecular complexity index is 1630. The summed E-state index contributed by atoms with van der Waals surface area (Å²) in [6.07, 6.45) is 3.83. The van der Waals surface area contributed by atoms with Crippen LogP contribution < -0.4 is 0 Å². The molecule has 0 saturated heterocycles. The van der Waals surface area contributed by atoms with Gasteiger partial charge in [-0.3, -0.25) is 14.3 Å². The molecule has 6 rings (SSSR count). The number of hydrogen-bond donors (Lipinski definition) is 0. The highest BCUT2D eigenvalue weighted by Gasteiger charge is 2.40. The van der Waals surface area contributed by atoms with Gasteiger partial charge < -0.3 is 9.80 Å². The molecule has 0 aliphatic carbocycles. The van der Waals surface area contributed by atoms with Crippen molar-refractivity contribution >= 4 is 35.0 Å². The minimum Gasteiger partial charge on any atom is -0.331 e. The number of aromatic nitrogens is 6. The Morgan fingerprint density at radius 1 is 1.07 bits per heavy atom. The molecular weight excluding hydrogens is 551 g/mol. The molecule has 0 bridgehead atoms. The van der Waals surface area contributed by atoms with Crippen LogP contribution in [0.15, 0.2) is 42.9 Å². The van der Waals surface area contributed by atoms with Crippen LogP contribution in [0.3, 0.4) is 0 Å².